The first kappa shape index (κ1) is 10.9. The summed E-state index contributed by atoms with van der Waals surface area (Å²) in [5.74, 6) is -1.56. The minimum Gasteiger partial charge on any atom is -0.404 e. The molecule has 76 valence electrons. The monoisotopic (exact) mass is 217 g/mol. The van der Waals surface area contributed by atoms with Crippen molar-refractivity contribution in [2.24, 2.45) is 0 Å². The van der Waals surface area contributed by atoms with Gasteiger partial charge in [-0.1, -0.05) is 18.5 Å². The Morgan fingerprint density at radius 1 is 1.71 bits per heavy atom. The van der Waals surface area contributed by atoms with Gasteiger partial charge in [0.1, 0.15) is 0 Å². The smallest absolute Gasteiger partial charge is 0.312 e. The Morgan fingerprint density at radius 2 is 2.43 bits per heavy atom. The summed E-state index contributed by atoms with van der Waals surface area (Å²) in [6.07, 6.45) is 2.11. The minimum absolute atomic E-state index is 0.165. The Hall–Kier alpha value is -1.16. The summed E-state index contributed by atoms with van der Waals surface area (Å²) < 4.78 is 17.7. The maximum atomic E-state index is 13.0. The van der Waals surface area contributed by atoms with Gasteiger partial charge in [-0.3, -0.25) is 4.79 Å². The van der Waals surface area contributed by atoms with Crippen molar-refractivity contribution in [2.45, 2.75) is 19.8 Å². The van der Waals surface area contributed by atoms with Crippen LogP contribution in [0.4, 0.5) is 4.39 Å². The number of rotatable bonds is 3. The maximum absolute atomic E-state index is 13.0. The van der Waals surface area contributed by atoms with E-state index in [2.05, 4.69) is 9.72 Å². The van der Waals surface area contributed by atoms with Crippen molar-refractivity contribution in [3.63, 3.8) is 0 Å². The van der Waals surface area contributed by atoms with Crippen LogP contribution in [0.1, 0.15) is 19.8 Å². The molecule has 0 aromatic carbocycles. The lowest BCUT2D eigenvalue weighted by Gasteiger charge is -2.02. The highest BCUT2D eigenvalue weighted by molar-refractivity contribution is 6.30. The minimum atomic E-state index is -0.734. The molecule has 14 heavy (non-hydrogen) atoms. The van der Waals surface area contributed by atoms with Crippen molar-refractivity contribution in [3.05, 3.63) is 23.1 Å². The Morgan fingerprint density at radius 3 is 3.00 bits per heavy atom. The zero-order valence-electron chi connectivity index (χ0n) is 7.59. The molecule has 0 saturated carbocycles. The Bertz CT molecular complexity index is 344. The van der Waals surface area contributed by atoms with E-state index in [1.165, 1.54) is 6.20 Å². The molecule has 0 aliphatic heterocycles. The molecule has 1 aromatic heterocycles. The van der Waals surface area contributed by atoms with Crippen molar-refractivity contribution in [1.82, 2.24) is 4.98 Å². The highest BCUT2D eigenvalue weighted by atomic mass is 35.5. The van der Waals surface area contributed by atoms with Crippen LogP contribution < -0.4 is 4.74 Å². The summed E-state index contributed by atoms with van der Waals surface area (Å²) in [6.45, 7) is 1.83. The van der Waals surface area contributed by atoms with Gasteiger partial charge in [0, 0.05) is 12.6 Å². The second kappa shape index (κ2) is 4.91. The van der Waals surface area contributed by atoms with E-state index in [0.29, 0.717) is 6.42 Å². The average molecular weight is 218 g/mol. The van der Waals surface area contributed by atoms with Gasteiger partial charge >= 0.3 is 5.97 Å². The summed E-state index contributed by atoms with van der Waals surface area (Å²) >= 11 is 5.47. The van der Waals surface area contributed by atoms with E-state index in [1.54, 1.807) is 0 Å². The van der Waals surface area contributed by atoms with Crippen molar-refractivity contribution in [3.8, 4) is 5.88 Å². The predicted molar refractivity (Wildman–Crippen MR) is 49.7 cm³/mol. The van der Waals surface area contributed by atoms with Crippen LogP contribution in [0.5, 0.6) is 5.88 Å². The van der Waals surface area contributed by atoms with Gasteiger partial charge in [0.2, 0.25) is 0 Å². The van der Waals surface area contributed by atoms with Gasteiger partial charge in [0.05, 0.1) is 5.02 Å². The van der Waals surface area contributed by atoms with Gasteiger partial charge in [0.15, 0.2) is 5.82 Å². The van der Waals surface area contributed by atoms with Gasteiger partial charge in [0.25, 0.3) is 5.88 Å². The molecule has 5 heteroatoms. The molecule has 0 fully saturated rings. The topological polar surface area (TPSA) is 39.2 Å². The van der Waals surface area contributed by atoms with E-state index >= 15 is 0 Å². The van der Waals surface area contributed by atoms with E-state index in [9.17, 15) is 9.18 Å². The second-order valence-electron chi connectivity index (χ2n) is 2.66. The highest BCUT2D eigenvalue weighted by Crippen LogP contribution is 2.17. The normalized spacial score (nSPS) is 9.93. The highest BCUT2D eigenvalue weighted by Gasteiger charge is 2.10. The van der Waals surface area contributed by atoms with Crippen LogP contribution in [0.15, 0.2) is 12.3 Å². The molecule has 0 radical (unpaired) electrons. The van der Waals surface area contributed by atoms with Gasteiger partial charge < -0.3 is 4.74 Å². The third-order valence-corrected chi connectivity index (χ3v) is 1.65. The summed E-state index contributed by atoms with van der Waals surface area (Å²) in [5, 5.41) is 0.165. The first-order valence-electron chi connectivity index (χ1n) is 4.15. The molecular weight excluding hydrogens is 209 g/mol. The first-order valence-corrected chi connectivity index (χ1v) is 4.53. The number of esters is 1. The van der Waals surface area contributed by atoms with Crippen molar-refractivity contribution < 1.29 is 13.9 Å². The molecule has 0 aliphatic carbocycles. The molecule has 0 atom stereocenters. The number of hydrogen-bond acceptors (Lipinski definition) is 3. The van der Waals surface area contributed by atoms with Crippen LogP contribution in [-0.2, 0) is 4.79 Å². The van der Waals surface area contributed by atoms with Gasteiger partial charge in [-0.15, -0.1) is 0 Å². The van der Waals surface area contributed by atoms with Crippen LogP contribution in [-0.4, -0.2) is 11.0 Å². The average Bonchev–Trinajstić information content (AvgIpc) is 2.10. The number of hydrogen-bond donors (Lipinski definition) is 0. The molecule has 1 rings (SSSR count). The SMILES string of the molecule is CCCC(=O)Oc1ncc(Cl)cc1F. The lowest BCUT2D eigenvalue weighted by atomic mass is 10.3. The van der Waals surface area contributed by atoms with Crippen LogP contribution in [0.25, 0.3) is 0 Å². The fourth-order valence-electron chi connectivity index (χ4n) is 0.840. The molecule has 1 heterocycles. The Balaban J connectivity index is 2.72. The number of ether oxygens (including phenoxy) is 1. The Kier molecular flexibility index (Phi) is 3.83. The van der Waals surface area contributed by atoms with Crippen molar-refractivity contribution in [2.75, 3.05) is 0 Å². The number of halogens is 2. The molecule has 0 bridgehead atoms. The molecule has 0 unspecified atom stereocenters. The number of aromatic nitrogens is 1. The van der Waals surface area contributed by atoms with Crippen molar-refractivity contribution in [1.29, 1.82) is 0 Å². The molecule has 0 aliphatic rings. The molecule has 0 amide bonds. The van der Waals surface area contributed by atoms with Gasteiger partial charge in [-0.2, -0.15) is 0 Å². The summed E-state index contributed by atoms with van der Waals surface area (Å²) in [6, 6.07) is 1.04. The molecular formula is C9H9ClFNO2. The fraction of sp³-hybridized carbons (Fsp3) is 0.333. The van der Waals surface area contributed by atoms with E-state index in [4.69, 9.17) is 11.6 Å². The summed E-state index contributed by atoms with van der Waals surface area (Å²) in [7, 11) is 0. The summed E-state index contributed by atoms with van der Waals surface area (Å²) in [4.78, 5) is 14.5. The van der Waals surface area contributed by atoms with E-state index < -0.39 is 11.8 Å². The molecule has 3 nitrogen and oxygen atoms in total. The maximum Gasteiger partial charge on any atom is 0.312 e. The van der Waals surface area contributed by atoms with E-state index in [1.807, 2.05) is 6.92 Å². The lowest BCUT2D eigenvalue weighted by molar-refractivity contribution is -0.134. The number of pyridine rings is 1. The zero-order valence-corrected chi connectivity index (χ0v) is 8.34. The summed E-state index contributed by atoms with van der Waals surface area (Å²) in [5.41, 5.74) is 0. The fourth-order valence-corrected chi connectivity index (χ4v) is 0.985. The van der Waals surface area contributed by atoms with Crippen LogP contribution in [0.3, 0.4) is 0 Å². The molecule has 0 saturated heterocycles. The standard InChI is InChI=1S/C9H9ClFNO2/c1-2-3-8(13)14-9-7(11)4-6(10)5-12-9/h4-5H,2-3H2,1H3. The second-order valence-corrected chi connectivity index (χ2v) is 3.10. The Labute approximate surface area is 85.9 Å². The van der Waals surface area contributed by atoms with Gasteiger partial charge in [-0.05, 0) is 12.5 Å². The van der Waals surface area contributed by atoms with Crippen LogP contribution in [0, 0.1) is 5.82 Å². The van der Waals surface area contributed by atoms with E-state index in [0.717, 1.165) is 6.07 Å². The molecule has 1 aromatic rings. The number of carbonyl (C=O) groups excluding carboxylic acids is 1. The van der Waals surface area contributed by atoms with Crippen molar-refractivity contribution >= 4 is 17.6 Å². The lowest BCUT2D eigenvalue weighted by Crippen LogP contribution is -2.09. The molecule has 0 N–H and O–H groups in total. The number of nitrogens with zero attached hydrogens (tertiary/aromatic N) is 1. The number of carbonyl (C=O) groups is 1. The zero-order chi connectivity index (χ0) is 10.6. The van der Waals surface area contributed by atoms with Crippen LogP contribution >= 0.6 is 11.6 Å². The third kappa shape index (κ3) is 2.96. The van der Waals surface area contributed by atoms with Gasteiger partial charge in [-0.25, -0.2) is 9.37 Å². The first-order chi connectivity index (χ1) is 6.63. The largest absolute Gasteiger partial charge is 0.404 e. The van der Waals surface area contributed by atoms with E-state index in [-0.39, 0.29) is 17.3 Å². The van der Waals surface area contributed by atoms with Crippen LogP contribution in [0.2, 0.25) is 5.02 Å². The quantitative estimate of drug-likeness (QED) is 0.731. The molecule has 0 spiro atoms. The predicted octanol–water partition coefficient (Wildman–Crippen LogP) is 2.58. The third-order valence-electron chi connectivity index (χ3n) is 1.44.